The lowest BCUT2D eigenvalue weighted by atomic mass is 9.75. The van der Waals surface area contributed by atoms with Gasteiger partial charge < -0.3 is 15.4 Å². The Kier molecular flexibility index (Phi) is 5.41. The lowest BCUT2D eigenvalue weighted by Crippen LogP contribution is -2.61. The van der Waals surface area contributed by atoms with E-state index in [9.17, 15) is 4.79 Å². The summed E-state index contributed by atoms with van der Waals surface area (Å²) in [6.07, 6.45) is 6.84. The molecule has 0 spiro atoms. The Bertz CT molecular complexity index is 385. The summed E-state index contributed by atoms with van der Waals surface area (Å²) in [7, 11) is 0. The van der Waals surface area contributed by atoms with Crippen molar-refractivity contribution in [2.24, 2.45) is 11.8 Å². The summed E-state index contributed by atoms with van der Waals surface area (Å²) in [4.78, 5) is 12.1. The average molecular weight is 310 g/mol. The van der Waals surface area contributed by atoms with Crippen LogP contribution in [0.4, 0.5) is 4.79 Å². The van der Waals surface area contributed by atoms with Crippen molar-refractivity contribution in [3.05, 3.63) is 0 Å². The van der Waals surface area contributed by atoms with Crippen molar-refractivity contribution in [3.8, 4) is 0 Å². The van der Waals surface area contributed by atoms with Crippen LogP contribution in [0.1, 0.15) is 73.1 Å². The summed E-state index contributed by atoms with van der Waals surface area (Å²) in [5, 5.41) is 6.84. The molecule has 2 fully saturated rings. The molecular weight excluding hydrogens is 276 g/mol. The Hall–Kier alpha value is -0.770. The average Bonchev–Trinajstić information content (AvgIpc) is 2.34. The maximum atomic E-state index is 12.1. The number of carbonyl (C=O) groups excluding carboxylic acids is 1. The highest BCUT2D eigenvalue weighted by Gasteiger charge is 2.40. The molecule has 2 saturated carbocycles. The Morgan fingerprint density at radius 2 is 1.86 bits per heavy atom. The van der Waals surface area contributed by atoms with Crippen LogP contribution in [0.25, 0.3) is 0 Å². The van der Waals surface area contributed by atoms with Crippen molar-refractivity contribution < 1.29 is 9.53 Å². The van der Waals surface area contributed by atoms with Crippen LogP contribution in [0.5, 0.6) is 0 Å². The van der Waals surface area contributed by atoms with E-state index in [4.69, 9.17) is 4.74 Å². The molecule has 2 N–H and O–H groups in total. The minimum absolute atomic E-state index is 0.0887. The van der Waals surface area contributed by atoms with E-state index in [-0.39, 0.29) is 11.6 Å². The Morgan fingerprint density at radius 3 is 2.36 bits per heavy atom. The van der Waals surface area contributed by atoms with Gasteiger partial charge in [-0.15, -0.1) is 0 Å². The van der Waals surface area contributed by atoms with Crippen molar-refractivity contribution in [1.29, 1.82) is 0 Å². The van der Waals surface area contributed by atoms with Gasteiger partial charge in [0.2, 0.25) is 0 Å². The molecule has 128 valence electrons. The van der Waals surface area contributed by atoms with E-state index in [1.807, 2.05) is 20.8 Å². The number of rotatable bonds is 4. The Morgan fingerprint density at radius 1 is 1.18 bits per heavy atom. The number of carbonyl (C=O) groups is 1. The van der Waals surface area contributed by atoms with Gasteiger partial charge >= 0.3 is 6.09 Å². The maximum absolute atomic E-state index is 12.1. The molecule has 4 heteroatoms. The molecule has 4 nitrogen and oxygen atoms in total. The second-order valence-electron chi connectivity index (χ2n) is 8.61. The third-order valence-electron chi connectivity index (χ3n) is 5.40. The summed E-state index contributed by atoms with van der Waals surface area (Å²) in [5.74, 6) is 1.64. The van der Waals surface area contributed by atoms with Crippen LogP contribution in [-0.2, 0) is 4.74 Å². The third-order valence-corrected chi connectivity index (χ3v) is 5.40. The highest BCUT2D eigenvalue weighted by atomic mass is 16.6. The number of hydrogen-bond donors (Lipinski definition) is 2. The summed E-state index contributed by atoms with van der Waals surface area (Å²) in [5.41, 5.74) is -0.522. The first-order valence-electron chi connectivity index (χ1n) is 8.94. The van der Waals surface area contributed by atoms with Gasteiger partial charge in [0.25, 0.3) is 0 Å². The van der Waals surface area contributed by atoms with Gasteiger partial charge in [-0.1, -0.05) is 13.8 Å². The van der Waals surface area contributed by atoms with Gasteiger partial charge in [-0.05, 0) is 71.1 Å². The molecule has 2 aliphatic carbocycles. The minimum atomic E-state index is -0.433. The zero-order chi connectivity index (χ0) is 16.4. The topological polar surface area (TPSA) is 50.4 Å². The third kappa shape index (κ3) is 4.87. The highest BCUT2D eigenvalue weighted by molar-refractivity contribution is 5.69. The highest BCUT2D eigenvalue weighted by Crippen LogP contribution is 2.33. The van der Waals surface area contributed by atoms with Gasteiger partial charge in [0.15, 0.2) is 0 Å². The molecule has 0 aromatic carbocycles. The SMILES string of the molecule is CC1CCC(NCC2(NC(=O)OC(C)(C)C)CCC2)CC1C. The number of alkyl carbamates (subject to hydrolysis) is 1. The van der Waals surface area contributed by atoms with Crippen LogP contribution in [0.2, 0.25) is 0 Å². The van der Waals surface area contributed by atoms with Crippen molar-refractivity contribution in [1.82, 2.24) is 10.6 Å². The van der Waals surface area contributed by atoms with E-state index in [0.29, 0.717) is 6.04 Å². The first kappa shape index (κ1) is 17.6. The van der Waals surface area contributed by atoms with E-state index in [0.717, 1.165) is 31.2 Å². The smallest absolute Gasteiger partial charge is 0.408 e. The molecule has 0 heterocycles. The predicted molar refractivity (Wildman–Crippen MR) is 89.9 cm³/mol. The standard InChI is InChI=1S/C18H34N2O2/c1-13-7-8-15(11-14(13)2)19-12-18(9-6-10-18)20-16(21)22-17(3,4)5/h13-15,19H,6-12H2,1-5H3,(H,20,21). The van der Waals surface area contributed by atoms with Gasteiger partial charge in [0, 0.05) is 12.6 Å². The lowest BCUT2D eigenvalue weighted by Gasteiger charge is -2.44. The largest absolute Gasteiger partial charge is 0.444 e. The molecule has 3 atom stereocenters. The molecule has 3 unspecified atom stereocenters. The first-order chi connectivity index (χ1) is 10.2. The quantitative estimate of drug-likeness (QED) is 0.829. The van der Waals surface area contributed by atoms with Crippen molar-refractivity contribution >= 4 is 6.09 Å². The molecule has 0 aromatic heterocycles. The minimum Gasteiger partial charge on any atom is -0.444 e. The van der Waals surface area contributed by atoms with Gasteiger partial charge in [-0.2, -0.15) is 0 Å². The van der Waals surface area contributed by atoms with Gasteiger partial charge in [-0.3, -0.25) is 0 Å². The van der Waals surface area contributed by atoms with Crippen molar-refractivity contribution in [2.45, 2.75) is 90.3 Å². The maximum Gasteiger partial charge on any atom is 0.408 e. The second kappa shape index (κ2) is 6.77. The predicted octanol–water partition coefficient (Wildman–Crippen LogP) is 3.85. The number of amides is 1. The molecular formula is C18H34N2O2. The first-order valence-corrected chi connectivity index (χ1v) is 8.94. The molecule has 0 aliphatic heterocycles. The lowest BCUT2D eigenvalue weighted by molar-refractivity contribution is 0.0374. The van der Waals surface area contributed by atoms with Crippen molar-refractivity contribution in [3.63, 3.8) is 0 Å². The van der Waals surface area contributed by atoms with E-state index < -0.39 is 5.60 Å². The number of nitrogens with one attached hydrogen (secondary N) is 2. The summed E-state index contributed by atoms with van der Waals surface area (Å²) < 4.78 is 5.41. The van der Waals surface area contributed by atoms with Crippen molar-refractivity contribution in [2.75, 3.05) is 6.54 Å². The van der Waals surface area contributed by atoms with Crippen LogP contribution >= 0.6 is 0 Å². The van der Waals surface area contributed by atoms with Crippen LogP contribution in [0, 0.1) is 11.8 Å². The van der Waals surface area contributed by atoms with Gasteiger partial charge in [0.05, 0.1) is 5.54 Å². The molecule has 0 radical (unpaired) electrons. The molecule has 0 bridgehead atoms. The monoisotopic (exact) mass is 310 g/mol. The molecule has 2 aliphatic rings. The van der Waals surface area contributed by atoms with E-state index >= 15 is 0 Å². The fourth-order valence-electron chi connectivity index (χ4n) is 3.54. The van der Waals surface area contributed by atoms with Gasteiger partial charge in [-0.25, -0.2) is 4.79 Å². The fraction of sp³-hybridized carbons (Fsp3) is 0.944. The molecule has 0 saturated heterocycles. The molecule has 22 heavy (non-hydrogen) atoms. The van der Waals surface area contributed by atoms with Crippen LogP contribution < -0.4 is 10.6 Å². The molecule has 1 amide bonds. The zero-order valence-electron chi connectivity index (χ0n) is 15.0. The van der Waals surface area contributed by atoms with Crippen LogP contribution in [0.15, 0.2) is 0 Å². The molecule has 0 aromatic rings. The number of hydrogen-bond acceptors (Lipinski definition) is 3. The van der Waals surface area contributed by atoms with E-state index in [1.54, 1.807) is 0 Å². The summed E-state index contributed by atoms with van der Waals surface area (Å²) >= 11 is 0. The van der Waals surface area contributed by atoms with Crippen LogP contribution in [0.3, 0.4) is 0 Å². The summed E-state index contributed by atoms with van der Waals surface area (Å²) in [6, 6.07) is 0.601. The fourth-order valence-corrected chi connectivity index (χ4v) is 3.54. The Labute approximate surface area is 135 Å². The summed E-state index contributed by atoms with van der Waals surface area (Å²) in [6.45, 7) is 11.3. The number of ether oxygens (including phenoxy) is 1. The van der Waals surface area contributed by atoms with E-state index in [1.165, 1.54) is 25.7 Å². The second-order valence-corrected chi connectivity index (χ2v) is 8.61. The van der Waals surface area contributed by atoms with Gasteiger partial charge in [0.1, 0.15) is 5.60 Å². The Balaban J connectivity index is 1.80. The zero-order valence-corrected chi connectivity index (χ0v) is 15.0. The van der Waals surface area contributed by atoms with E-state index in [2.05, 4.69) is 24.5 Å². The normalized spacial score (nSPS) is 31.2. The van der Waals surface area contributed by atoms with Crippen LogP contribution in [-0.4, -0.2) is 29.8 Å². The molecule has 2 rings (SSSR count).